The first kappa shape index (κ1) is 16.2. The van der Waals surface area contributed by atoms with Crippen LogP contribution in [-0.2, 0) is 0 Å². The topological polar surface area (TPSA) is 52.5 Å². The summed E-state index contributed by atoms with van der Waals surface area (Å²) in [5, 5.41) is 3.11. The minimum absolute atomic E-state index is 0.0244. The first-order valence-corrected chi connectivity index (χ1v) is 10.2. The Kier molecular flexibility index (Phi) is 3.68. The highest BCUT2D eigenvalue weighted by Gasteiger charge is 2.42. The monoisotopic (exact) mass is 394 g/mol. The van der Waals surface area contributed by atoms with E-state index in [1.165, 1.54) is 0 Å². The van der Waals surface area contributed by atoms with E-state index in [0.29, 0.717) is 13.2 Å². The highest BCUT2D eigenvalue weighted by Crippen LogP contribution is 2.40. The van der Waals surface area contributed by atoms with Gasteiger partial charge in [0.05, 0.1) is 12.2 Å². The summed E-state index contributed by atoms with van der Waals surface area (Å²) in [4.78, 5) is 7.11. The van der Waals surface area contributed by atoms with E-state index < -0.39 is 0 Å². The van der Waals surface area contributed by atoms with Crippen molar-refractivity contribution in [2.24, 2.45) is 4.99 Å². The van der Waals surface area contributed by atoms with Crippen molar-refractivity contribution >= 4 is 16.9 Å². The predicted molar refractivity (Wildman–Crippen MR) is 106 cm³/mol. The van der Waals surface area contributed by atoms with Gasteiger partial charge >= 0.3 is 0 Å². The summed E-state index contributed by atoms with van der Waals surface area (Å²) in [7, 11) is 0. The number of aliphatic imine (C=N–C) groups is 1. The van der Waals surface area contributed by atoms with Gasteiger partial charge < -0.3 is 23.8 Å². The third-order valence-electron chi connectivity index (χ3n) is 5.27. The number of thioether (sulfide) groups is 1. The van der Waals surface area contributed by atoms with Crippen LogP contribution in [0.5, 0.6) is 23.0 Å². The van der Waals surface area contributed by atoms with Gasteiger partial charge in [0.15, 0.2) is 40.4 Å². The molecule has 6 nitrogen and oxygen atoms in total. The molecule has 2 aromatic rings. The first-order chi connectivity index (χ1) is 13.8. The molecule has 4 heterocycles. The molecule has 0 radical (unpaired) electrons. The lowest BCUT2D eigenvalue weighted by atomic mass is 10.1. The summed E-state index contributed by atoms with van der Waals surface area (Å²) in [5.41, 5.74) is 1.10. The third-order valence-corrected chi connectivity index (χ3v) is 6.17. The molecule has 2 aromatic carbocycles. The second kappa shape index (κ2) is 6.38. The van der Waals surface area contributed by atoms with Crippen LogP contribution in [0.15, 0.2) is 64.6 Å². The van der Waals surface area contributed by atoms with Crippen molar-refractivity contribution in [2.75, 3.05) is 19.8 Å². The van der Waals surface area contributed by atoms with Crippen molar-refractivity contribution in [1.29, 1.82) is 0 Å². The maximum Gasteiger partial charge on any atom is 0.173 e. The van der Waals surface area contributed by atoms with E-state index in [4.69, 9.17) is 23.9 Å². The number of hydrogen-bond donors (Lipinski definition) is 0. The number of ether oxygens (including phenoxy) is 4. The van der Waals surface area contributed by atoms with Crippen molar-refractivity contribution < 1.29 is 18.9 Å². The van der Waals surface area contributed by atoms with Crippen molar-refractivity contribution in [3.8, 4) is 23.0 Å². The molecule has 28 heavy (non-hydrogen) atoms. The molecule has 4 aliphatic heterocycles. The standard InChI is InChI=1S/C21H18N2O4S/c1-3-7-17-15(5-1)24-10-19(26-17)13-9-23-14(12-28-21(23)22-13)20-11-25-16-6-2-4-8-18(16)27-20/h1-8,12-13,19-20H,9-11H2. The number of benzene rings is 2. The summed E-state index contributed by atoms with van der Waals surface area (Å²) in [6, 6.07) is 15.6. The second-order valence-electron chi connectivity index (χ2n) is 7.03. The number of nitrogens with zero attached hydrogens (tertiary/aromatic N) is 2. The van der Waals surface area contributed by atoms with Gasteiger partial charge in [-0.1, -0.05) is 36.0 Å². The van der Waals surface area contributed by atoms with Crippen LogP contribution in [0.3, 0.4) is 0 Å². The summed E-state index contributed by atoms with van der Waals surface area (Å²) in [5.74, 6) is 3.16. The Hall–Kier alpha value is -2.80. The molecule has 142 valence electrons. The number of amidine groups is 1. The van der Waals surface area contributed by atoms with Gasteiger partial charge in [-0.05, 0) is 24.3 Å². The van der Waals surface area contributed by atoms with Crippen molar-refractivity contribution in [1.82, 2.24) is 4.90 Å². The average molecular weight is 394 g/mol. The second-order valence-corrected chi connectivity index (χ2v) is 7.87. The Morgan fingerprint density at radius 1 is 0.857 bits per heavy atom. The Morgan fingerprint density at radius 3 is 2.32 bits per heavy atom. The number of rotatable bonds is 2. The molecular formula is C21H18N2O4S. The Morgan fingerprint density at radius 2 is 1.54 bits per heavy atom. The van der Waals surface area contributed by atoms with Crippen LogP contribution in [0.1, 0.15) is 0 Å². The van der Waals surface area contributed by atoms with E-state index in [2.05, 4.69) is 10.3 Å². The molecule has 0 aliphatic carbocycles. The minimum Gasteiger partial charge on any atom is -0.486 e. The van der Waals surface area contributed by atoms with Crippen molar-refractivity contribution in [3.63, 3.8) is 0 Å². The highest BCUT2D eigenvalue weighted by atomic mass is 32.2. The van der Waals surface area contributed by atoms with Crippen LogP contribution in [0.25, 0.3) is 0 Å². The predicted octanol–water partition coefficient (Wildman–Crippen LogP) is 3.29. The molecule has 0 aromatic heterocycles. The molecule has 0 saturated carbocycles. The van der Waals surface area contributed by atoms with E-state index >= 15 is 0 Å². The molecule has 0 N–H and O–H groups in total. The summed E-state index contributed by atoms with van der Waals surface area (Å²) < 4.78 is 24.1. The van der Waals surface area contributed by atoms with Gasteiger partial charge in [0.25, 0.3) is 0 Å². The van der Waals surface area contributed by atoms with Crippen molar-refractivity contribution in [3.05, 3.63) is 59.6 Å². The summed E-state index contributed by atoms with van der Waals surface area (Å²) >= 11 is 1.63. The Labute approximate surface area is 166 Å². The Balaban J connectivity index is 1.17. The fourth-order valence-corrected chi connectivity index (χ4v) is 4.85. The molecular weight excluding hydrogens is 376 g/mol. The zero-order chi connectivity index (χ0) is 18.5. The molecule has 7 heteroatoms. The third kappa shape index (κ3) is 2.61. The largest absolute Gasteiger partial charge is 0.486 e. The lowest BCUT2D eigenvalue weighted by Crippen LogP contribution is -2.43. The zero-order valence-corrected chi connectivity index (χ0v) is 15.8. The fourth-order valence-electron chi connectivity index (χ4n) is 3.85. The van der Waals surface area contributed by atoms with Crippen LogP contribution in [0.4, 0.5) is 0 Å². The average Bonchev–Trinajstić information content (AvgIpc) is 3.34. The SMILES string of the molecule is C1=C(C2COc3ccccc3O2)N2CC(C3COc4ccccc4O3)N=C2S1. The van der Waals surface area contributed by atoms with Gasteiger partial charge in [-0.3, -0.25) is 4.99 Å². The normalized spacial score (nSPS) is 27.1. The molecule has 4 aliphatic rings. The lowest BCUT2D eigenvalue weighted by molar-refractivity contribution is 0.0691. The lowest BCUT2D eigenvalue weighted by Gasteiger charge is -2.32. The van der Waals surface area contributed by atoms with E-state index in [1.54, 1.807) is 11.8 Å². The van der Waals surface area contributed by atoms with Gasteiger partial charge in [0, 0.05) is 5.41 Å². The molecule has 0 amide bonds. The molecule has 0 spiro atoms. The van der Waals surface area contributed by atoms with Gasteiger partial charge in [-0.25, -0.2) is 0 Å². The first-order valence-electron chi connectivity index (χ1n) is 9.34. The van der Waals surface area contributed by atoms with E-state index in [1.807, 2.05) is 48.5 Å². The number of hydrogen-bond acceptors (Lipinski definition) is 7. The maximum atomic E-state index is 6.19. The zero-order valence-electron chi connectivity index (χ0n) is 15.0. The summed E-state index contributed by atoms with van der Waals surface area (Å²) in [6.45, 7) is 1.76. The number of para-hydroxylation sites is 4. The maximum absolute atomic E-state index is 6.19. The smallest absolute Gasteiger partial charge is 0.173 e. The van der Waals surface area contributed by atoms with E-state index in [0.717, 1.165) is 40.4 Å². The number of fused-ring (bicyclic) bond motifs is 3. The van der Waals surface area contributed by atoms with Gasteiger partial charge in [-0.15, -0.1) is 0 Å². The Bertz CT molecular complexity index is 992. The molecule has 6 rings (SSSR count). The van der Waals surface area contributed by atoms with E-state index in [9.17, 15) is 0 Å². The van der Waals surface area contributed by atoms with E-state index in [-0.39, 0.29) is 18.2 Å². The van der Waals surface area contributed by atoms with Gasteiger partial charge in [0.2, 0.25) is 0 Å². The highest BCUT2D eigenvalue weighted by molar-refractivity contribution is 8.16. The van der Waals surface area contributed by atoms with Crippen LogP contribution >= 0.6 is 11.8 Å². The molecule has 3 unspecified atom stereocenters. The van der Waals surface area contributed by atoms with Gasteiger partial charge in [-0.2, -0.15) is 0 Å². The summed E-state index contributed by atoms with van der Waals surface area (Å²) in [6.07, 6.45) is -0.239. The van der Waals surface area contributed by atoms with Gasteiger partial charge in [0.1, 0.15) is 19.3 Å². The van der Waals surface area contributed by atoms with Crippen LogP contribution < -0.4 is 18.9 Å². The van der Waals surface area contributed by atoms with Crippen LogP contribution in [0.2, 0.25) is 0 Å². The minimum atomic E-state index is -0.141. The fraction of sp³-hybridized carbons (Fsp3) is 0.286. The van der Waals surface area contributed by atoms with Crippen LogP contribution in [-0.4, -0.2) is 48.1 Å². The molecule has 0 bridgehead atoms. The molecule has 0 fully saturated rings. The quantitative estimate of drug-likeness (QED) is 0.779. The van der Waals surface area contributed by atoms with Crippen LogP contribution in [0, 0.1) is 0 Å². The molecule has 0 saturated heterocycles. The van der Waals surface area contributed by atoms with Crippen molar-refractivity contribution in [2.45, 2.75) is 18.2 Å². The molecule has 3 atom stereocenters.